The van der Waals surface area contributed by atoms with Crippen molar-refractivity contribution in [1.29, 1.82) is 0 Å². The van der Waals surface area contributed by atoms with Gasteiger partial charge in [-0.15, -0.1) is 0 Å². The van der Waals surface area contributed by atoms with E-state index in [4.69, 9.17) is 9.47 Å². The molecule has 22 heavy (non-hydrogen) atoms. The van der Waals surface area contributed by atoms with Crippen LogP contribution in [-0.2, 0) is 20.8 Å². The predicted octanol–water partition coefficient (Wildman–Crippen LogP) is 0.443. The van der Waals surface area contributed by atoms with Crippen LogP contribution in [0.4, 0.5) is 5.82 Å². The van der Waals surface area contributed by atoms with Crippen molar-refractivity contribution in [3.05, 3.63) is 23.4 Å². The van der Waals surface area contributed by atoms with Crippen LogP contribution in [0, 0.1) is 0 Å². The quantitative estimate of drug-likeness (QED) is 0.871. The van der Waals surface area contributed by atoms with Gasteiger partial charge in [0.25, 0.3) is 0 Å². The number of anilines is 1. The third-order valence-electron chi connectivity index (χ3n) is 3.98. The fourth-order valence-corrected chi connectivity index (χ4v) is 2.70. The van der Waals surface area contributed by atoms with Crippen LogP contribution in [0.3, 0.4) is 0 Å². The van der Waals surface area contributed by atoms with Crippen molar-refractivity contribution in [2.24, 2.45) is 0 Å². The Balaban J connectivity index is 1.81. The number of hydrogen-bond acceptors (Lipinski definition) is 6. The van der Waals surface area contributed by atoms with Crippen molar-refractivity contribution in [3.63, 3.8) is 0 Å². The molecule has 0 bridgehead atoms. The van der Waals surface area contributed by atoms with E-state index in [1.54, 1.807) is 0 Å². The number of carbonyl (C=O) groups is 1. The Hall–Kier alpha value is -1.70. The highest BCUT2D eigenvalue weighted by Crippen LogP contribution is 2.27. The first-order valence-corrected chi connectivity index (χ1v) is 7.54. The highest BCUT2D eigenvalue weighted by molar-refractivity contribution is 5.79. The lowest BCUT2D eigenvalue weighted by Gasteiger charge is -2.32. The van der Waals surface area contributed by atoms with Gasteiger partial charge in [0.1, 0.15) is 11.5 Å². The lowest BCUT2D eigenvalue weighted by atomic mass is 10.1. The highest BCUT2D eigenvalue weighted by Gasteiger charge is 2.27. The molecule has 2 aliphatic heterocycles. The second-order valence-corrected chi connectivity index (χ2v) is 5.62. The van der Waals surface area contributed by atoms with Crippen LogP contribution in [0.2, 0.25) is 0 Å². The molecule has 1 N–H and O–H groups in total. The van der Waals surface area contributed by atoms with Gasteiger partial charge in [-0.3, -0.25) is 9.69 Å². The van der Waals surface area contributed by atoms with E-state index >= 15 is 0 Å². The van der Waals surface area contributed by atoms with E-state index in [9.17, 15) is 4.79 Å². The smallest absolute Gasteiger partial charge is 0.237 e. The average Bonchev–Trinajstić information content (AvgIpc) is 3.04. The van der Waals surface area contributed by atoms with Crippen LogP contribution in [0.15, 0.2) is 12.1 Å². The van der Waals surface area contributed by atoms with Gasteiger partial charge in [0.05, 0.1) is 19.8 Å². The van der Waals surface area contributed by atoms with Crippen molar-refractivity contribution < 1.29 is 14.3 Å². The van der Waals surface area contributed by atoms with E-state index in [2.05, 4.69) is 10.3 Å². The summed E-state index contributed by atoms with van der Waals surface area (Å²) in [5.41, 5.74) is 1.74. The second kappa shape index (κ2) is 6.60. The van der Waals surface area contributed by atoms with Crippen LogP contribution < -0.4 is 5.32 Å². The van der Waals surface area contributed by atoms with E-state index in [1.807, 2.05) is 36.0 Å². The number of carbonyl (C=O) groups excluding carboxylic acids is 1. The van der Waals surface area contributed by atoms with Crippen LogP contribution in [0.5, 0.6) is 0 Å². The number of nitrogens with zero attached hydrogens (tertiary/aromatic N) is 3. The van der Waals surface area contributed by atoms with Crippen molar-refractivity contribution in [1.82, 2.24) is 14.8 Å². The molecular weight excluding hydrogens is 284 g/mol. The summed E-state index contributed by atoms with van der Waals surface area (Å²) in [5, 5.41) is 3.03. The van der Waals surface area contributed by atoms with Gasteiger partial charge < -0.3 is 19.7 Å². The predicted molar refractivity (Wildman–Crippen MR) is 81.3 cm³/mol. The Morgan fingerprint density at radius 1 is 1.32 bits per heavy atom. The van der Waals surface area contributed by atoms with E-state index < -0.39 is 6.29 Å². The Labute approximate surface area is 130 Å². The SMILES string of the molecule is CNc1ccc(CN2CCN(C)CC2=O)c(C2OCCO2)n1. The Morgan fingerprint density at radius 3 is 2.77 bits per heavy atom. The molecule has 0 radical (unpaired) electrons. The molecule has 1 amide bonds. The maximum Gasteiger partial charge on any atom is 0.237 e. The summed E-state index contributed by atoms with van der Waals surface area (Å²) in [6, 6.07) is 3.90. The van der Waals surface area contributed by atoms with Crippen LogP contribution in [0.1, 0.15) is 17.5 Å². The molecule has 3 heterocycles. The normalized spacial score (nSPS) is 20.6. The number of pyridine rings is 1. The molecule has 3 rings (SSSR count). The van der Waals surface area contributed by atoms with Gasteiger partial charge in [0.15, 0.2) is 0 Å². The van der Waals surface area contributed by atoms with Crippen molar-refractivity contribution >= 4 is 11.7 Å². The number of aromatic nitrogens is 1. The molecule has 0 aromatic carbocycles. The molecule has 0 saturated carbocycles. The highest BCUT2D eigenvalue weighted by atomic mass is 16.7. The number of ether oxygens (including phenoxy) is 2. The van der Waals surface area contributed by atoms with Gasteiger partial charge in [0, 0.05) is 26.7 Å². The topological polar surface area (TPSA) is 66.9 Å². The molecule has 2 fully saturated rings. The van der Waals surface area contributed by atoms with E-state index in [0.29, 0.717) is 26.3 Å². The van der Waals surface area contributed by atoms with Crippen LogP contribution in [0.25, 0.3) is 0 Å². The molecule has 0 spiro atoms. The van der Waals surface area contributed by atoms with Crippen LogP contribution in [-0.4, -0.2) is 67.6 Å². The number of likely N-dealkylation sites (N-methyl/N-ethyl adjacent to an activating group) is 1. The van der Waals surface area contributed by atoms with E-state index in [0.717, 1.165) is 30.2 Å². The van der Waals surface area contributed by atoms with Gasteiger partial charge in [-0.25, -0.2) is 4.98 Å². The lowest BCUT2D eigenvalue weighted by Crippen LogP contribution is -2.48. The van der Waals surface area contributed by atoms with Gasteiger partial charge in [-0.2, -0.15) is 0 Å². The molecule has 120 valence electrons. The molecule has 1 aromatic rings. The molecule has 1 aromatic heterocycles. The monoisotopic (exact) mass is 306 g/mol. The number of rotatable bonds is 4. The third kappa shape index (κ3) is 3.21. The lowest BCUT2D eigenvalue weighted by molar-refractivity contribution is -0.136. The van der Waals surface area contributed by atoms with Crippen molar-refractivity contribution in [3.8, 4) is 0 Å². The van der Waals surface area contributed by atoms with E-state index in [1.165, 1.54) is 0 Å². The van der Waals surface area contributed by atoms with Gasteiger partial charge in [-0.05, 0) is 18.7 Å². The third-order valence-corrected chi connectivity index (χ3v) is 3.98. The molecule has 0 unspecified atom stereocenters. The molecule has 2 saturated heterocycles. The first-order chi connectivity index (χ1) is 10.7. The van der Waals surface area contributed by atoms with Gasteiger partial charge >= 0.3 is 0 Å². The molecule has 7 heteroatoms. The minimum absolute atomic E-state index is 0.144. The first-order valence-electron chi connectivity index (χ1n) is 7.54. The zero-order valence-corrected chi connectivity index (χ0v) is 13.0. The van der Waals surface area contributed by atoms with Gasteiger partial charge in [0.2, 0.25) is 12.2 Å². The minimum atomic E-state index is -0.439. The average molecular weight is 306 g/mol. The second-order valence-electron chi connectivity index (χ2n) is 5.62. The molecule has 0 atom stereocenters. The summed E-state index contributed by atoms with van der Waals surface area (Å²) in [7, 11) is 3.79. The maximum atomic E-state index is 12.2. The summed E-state index contributed by atoms with van der Waals surface area (Å²) >= 11 is 0. The Bertz CT molecular complexity index is 546. The number of nitrogens with one attached hydrogen (secondary N) is 1. The molecule has 0 aliphatic carbocycles. The number of piperazine rings is 1. The number of hydrogen-bond donors (Lipinski definition) is 1. The molecule has 2 aliphatic rings. The fraction of sp³-hybridized carbons (Fsp3) is 0.600. The minimum Gasteiger partial charge on any atom is -0.373 e. The number of amides is 1. The Kier molecular flexibility index (Phi) is 4.56. The van der Waals surface area contributed by atoms with Crippen LogP contribution >= 0.6 is 0 Å². The zero-order chi connectivity index (χ0) is 15.5. The van der Waals surface area contributed by atoms with Gasteiger partial charge in [-0.1, -0.05) is 6.07 Å². The maximum absolute atomic E-state index is 12.2. The zero-order valence-electron chi connectivity index (χ0n) is 13.0. The summed E-state index contributed by atoms with van der Waals surface area (Å²) in [5.74, 6) is 0.910. The summed E-state index contributed by atoms with van der Waals surface area (Å²) in [4.78, 5) is 20.6. The summed E-state index contributed by atoms with van der Waals surface area (Å²) in [6.45, 7) is 3.77. The van der Waals surface area contributed by atoms with Crippen molar-refractivity contribution in [2.75, 3.05) is 52.3 Å². The molecular formula is C15H22N4O3. The largest absolute Gasteiger partial charge is 0.373 e. The summed E-state index contributed by atoms with van der Waals surface area (Å²) in [6.07, 6.45) is -0.439. The summed E-state index contributed by atoms with van der Waals surface area (Å²) < 4.78 is 11.2. The van der Waals surface area contributed by atoms with E-state index in [-0.39, 0.29) is 5.91 Å². The fourth-order valence-electron chi connectivity index (χ4n) is 2.70. The standard InChI is InChI=1S/C15H22N4O3/c1-16-12-4-3-11(14(17-12)15-21-7-8-22-15)9-19-6-5-18(2)10-13(19)20/h3-4,15H,5-10H2,1-2H3,(H,16,17). The first kappa shape index (κ1) is 15.2. The van der Waals surface area contributed by atoms with Crippen molar-refractivity contribution in [2.45, 2.75) is 12.8 Å². The molecule has 7 nitrogen and oxygen atoms in total. The Morgan fingerprint density at radius 2 is 2.09 bits per heavy atom.